The molecule has 1 aromatic carbocycles. The van der Waals surface area contributed by atoms with E-state index in [0.29, 0.717) is 6.54 Å². The Morgan fingerprint density at radius 3 is 2.79 bits per heavy atom. The summed E-state index contributed by atoms with van der Waals surface area (Å²) in [7, 11) is 0. The highest BCUT2D eigenvalue weighted by Gasteiger charge is 2.24. The largest absolute Gasteiger partial charge is 0.343 e. The van der Waals surface area contributed by atoms with Crippen LogP contribution in [0.15, 0.2) is 16.6 Å². The molecule has 1 aromatic heterocycles. The number of aromatic nitrogens is 1. The molecule has 0 fully saturated rings. The van der Waals surface area contributed by atoms with Gasteiger partial charge in [0.1, 0.15) is 0 Å². The maximum atomic E-state index is 5.94. The maximum absolute atomic E-state index is 5.94. The van der Waals surface area contributed by atoms with Gasteiger partial charge in [0, 0.05) is 34.1 Å². The molecule has 2 N–H and O–H groups in total. The number of halogens is 1. The van der Waals surface area contributed by atoms with Gasteiger partial charge in [-0.05, 0) is 52.9 Å². The van der Waals surface area contributed by atoms with Gasteiger partial charge in [-0.15, -0.1) is 0 Å². The van der Waals surface area contributed by atoms with E-state index in [1.54, 1.807) is 0 Å². The minimum atomic E-state index is 0.0393. The third-order valence-corrected chi connectivity index (χ3v) is 5.54. The molecule has 19 heavy (non-hydrogen) atoms. The van der Waals surface area contributed by atoms with Crippen molar-refractivity contribution < 1.29 is 0 Å². The standard InChI is InChI=1S/C16H21BrN2/c1-10-14(17)13-8-12(16(2,3)9-18)7-11-5-4-6-19(10)15(11)13/h7-8H,4-6,9,18H2,1-3H3. The van der Waals surface area contributed by atoms with Crippen LogP contribution in [0.3, 0.4) is 0 Å². The fraction of sp³-hybridized carbons (Fsp3) is 0.500. The maximum Gasteiger partial charge on any atom is 0.0526 e. The van der Waals surface area contributed by atoms with Crippen molar-refractivity contribution in [3.63, 3.8) is 0 Å². The third-order valence-electron chi connectivity index (χ3n) is 4.54. The van der Waals surface area contributed by atoms with Gasteiger partial charge in [0.05, 0.1) is 5.52 Å². The molecule has 3 heteroatoms. The summed E-state index contributed by atoms with van der Waals surface area (Å²) in [4.78, 5) is 0. The van der Waals surface area contributed by atoms with Crippen molar-refractivity contribution in [1.82, 2.24) is 4.57 Å². The lowest BCUT2D eigenvalue weighted by molar-refractivity contribution is 0.537. The molecule has 0 saturated carbocycles. The van der Waals surface area contributed by atoms with Crippen LogP contribution in [0.2, 0.25) is 0 Å². The van der Waals surface area contributed by atoms with E-state index in [1.165, 1.54) is 45.0 Å². The van der Waals surface area contributed by atoms with Gasteiger partial charge in [-0.1, -0.05) is 19.9 Å². The van der Waals surface area contributed by atoms with E-state index in [4.69, 9.17) is 5.73 Å². The monoisotopic (exact) mass is 320 g/mol. The highest BCUT2D eigenvalue weighted by molar-refractivity contribution is 9.10. The van der Waals surface area contributed by atoms with E-state index in [-0.39, 0.29) is 5.41 Å². The predicted molar refractivity (Wildman–Crippen MR) is 84.8 cm³/mol. The number of benzene rings is 1. The lowest BCUT2D eigenvalue weighted by Gasteiger charge is -2.25. The molecule has 0 amide bonds. The van der Waals surface area contributed by atoms with Crippen molar-refractivity contribution in [3.8, 4) is 0 Å². The fourth-order valence-electron chi connectivity index (χ4n) is 3.07. The van der Waals surface area contributed by atoms with Crippen LogP contribution in [0.25, 0.3) is 10.9 Å². The molecule has 2 heterocycles. The van der Waals surface area contributed by atoms with Crippen LogP contribution in [0.1, 0.15) is 37.1 Å². The second-order valence-corrected chi connectivity index (χ2v) is 7.07. The van der Waals surface area contributed by atoms with Gasteiger partial charge in [0.15, 0.2) is 0 Å². The van der Waals surface area contributed by atoms with Gasteiger partial charge < -0.3 is 10.3 Å². The number of rotatable bonds is 2. The molecule has 0 spiro atoms. The van der Waals surface area contributed by atoms with E-state index in [9.17, 15) is 0 Å². The van der Waals surface area contributed by atoms with Crippen LogP contribution in [0.4, 0.5) is 0 Å². The summed E-state index contributed by atoms with van der Waals surface area (Å²) in [6, 6.07) is 4.70. The van der Waals surface area contributed by atoms with Crippen molar-refractivity contribution in [2.24, 2.45) is 5.73 Å². The smallest absolute Gasteiger partial charge is 0.0526 e. The van der Waals surface area contributed by atoms with Crippen LogP contribution < -0.4 is 5.73 Å². The van der Waals surface area contributed by atoms with Crippen molar-refractivity contribution in [3.05, 3.63) is 33.4 Å². The summed E-state index contributed by atoms with van der Waals surface area (Å²) in [5, 5.41) is 1.35. The Balaban J connectivity index is 2.35. The van der Waals surface area contributed by atoms with E-state index in [0.717, 1.165) is 6.54 Å². The first-order valence-corrected chi connectivity index (χ1v) is 7.77. The van der Waals surface area contributed by atoms with Crippen molar-refractivity contribution in [2.45, 2.75) is 45.6 Å². The lowest BCUT2D eigenvalue weighted by atomic mass is 9.82. The van der Waals surface area contributed by atoms with Crippen LogP contribution in [0.5, 0.6) is 0 Å². The first-order chi connectivity index (χ1) is 8.95. The van der Waals surface area contributed by atoms with Gasteiger partial charge in [-0.25, -0.2) is 0 Å². The molecule has 102 valence electrons. The number of hydrogen-bond acceptors (Lipinski definition) is 1. The Kier molecular flexibility index (Phi) is 3.02. The normalized spacial score (nSPS) is 15.2. The van der Waals surface area contributed by atoms with Crippen molar-refractivity contribution >= 4 is 26.8 Å². The van der Waals surface area contributed by atoms with Crippen molar-refractivity contribution in [1.29, 1.82) is 0 Å². The zero-order valence-corrected chi connectivity index (χ0v) is 13.5. The predicted octanol–water partition coefficient (Wildman–Crippen LogP) is 3.89. The first-order valence-electron chi connectivity index (χ1n) is 6.97. The Bertz CT molecular complexity index is 653. The molecule has 0 radical (unpaired) electrons. The molecule has 0 bridgehead atoms. The van der Waals surface area contributed by atoms with Gasteiger partial charge in [-0.3, -0.25) is 0 Å². The van der Waals surface area contributed by atoms with E-state index in [2.05, 4.69) is 53.4 Å². The Hall–Kier alpha value is -0.800. The topological polar surface area (TPSA) is 30.9 Å². The van der Waals surface area contributed by atoms with Crippen molar-refractivity contribution in [2.75, 3.05) is 6.54 Å². The van der Waals surface area contributed by atoms with E-state index < -0.39 is 0 Å². The highest BCUT2D eigenvalue weighted by atomic mass is 79.9. The zero-order chi connectivity index (χ0) is 13.8. The molecule has 1 aliphatic heterocycles. The molecule has 2 nitrogen and oxygen atoms in total. The highest BCUT2D eigenvalue weighted by Crippen LogP contribution is 2.38. The van der Waals surface area contributed by atoms with Crippen LogP contribution >= 0.6 is 15.9 Å². The average Bonchev–Trinajstić information content (AvgIpc) is 2.66. The molecule has 0 atom stereocenters. The van der Waals surface area contributed by atoms with Crippen LogP contribution in [0, 0.1) is 6.92 Å². The van der Waals surface area contributed by atoms with Gasteiger partial charge in [0.2, 0.25) is 0 Å². The summed E-state index contributed by atoms with van der Waals surface area (Å²) in [5.74, 6) is 0. The minimum Gasteiger partial charge on any atom is -0.343 e. The molecule has 2 aromatic rings. The zero-order valence-electron chi connectivity index (χ0n) is 11.9. The molecule has 0 unspecified atom stereocenters. The molecule has 1 aliphatic rings. The fourth-order valence-corrected chi connectivity index (χ4v) is 3.58. The molecular weight excluding hydrogens is 300 g/mol. The lowest BCUT2D eigenvalue weighted by Crippen LogP contribution is -2.28. The summed E-state index contributed by atoms with van der Waals surface area (Å²) < 4.78 is 3.71. The van der Waals surface area contributed by atoms with Gasteiger partial charge >= 0.3 is 0 Å². The number of nitrogens with two attached hydrogens (primary N) is 1. The number of hydrogen-bond donors (Lipinski definition) is 1. The van der Waals surface area contributed by atoms with E-state index in [1.807, 2.05) is 0 Å². The average molecular weight is 321 g/mol. The molecular formula is C16H21BrN2. The third kappa shape index (κ3) is 1.86. The second-order valence-electron chi connectivity index (χ2n) is 6.27. The Morgan fingerprint density at radius 2 is 2.11 bits per heavy atom. The summed E-state index contributed by atoms with van der Waals surface area (Å²) in [5.41, 5.74) is 11.6. The number of nitrogens with zero attached hydrogens (tertiary/aromatic N) is 1. The van der Waals surface area contributed by atoms with Gasteiger partial charge in [0.25, 0.3) is 0 Å². The summed E-state index contributed by atoms with van der Waals surface area (Å²) in [6.45, 7) is 8.46. The molecule has 0 saturated heterocycles. The first kappa shape index (κ1) is 13.2. The quantitative estimate of drug-likeness (QED) is 0.894. The van der Waals surface area contributed by atoms with Gasteiger partial charge in [-0.2, -0.15) is 0 Å². The van der Waals surface area contributed by atoms with Crippen LogP contribution in [-0.4, -0.2) is 11.1 Å². The Labute approximate surface area is 123 Å². The summed E-state index contributed by atoms with van der Waals surface area (Å²) >= 11 is 3.78. The molecule has 3 rings (SSSR count). The second kappa shape index (κ2) is 4.35. The summed E-state index contributed by atoms with van der Waals surface area (Å²) in [6.07, 6.45) is 2.41. The van der Waals surface area contributed by atoms with Crippen LogP contribution in [-0.2, 0) is 18.4 Å². The van der Waals surface area contributed by atoms with E-state index >= 15 is 0 Å². The number of aryl methyl sites for hydroxylation is 2. The Morgan fingerprint density at radius 1 is 1.37 bits per heavy atom. The minimum absolute atomic E-state index is 0.0393. The SMILES string of the molecule is Cc1c(Br)c2cc(C(C)(C)CN)cc3c2n1CCC3. The molecule has 0 aliphatic carbocycles.